The van der Waals surface area contributed by atoms with E-state index in [4.69, 9.17) is 5.11 Å². The Kier molecular flexibility index (Phi) is 4.01. The Labute approximate surface area is 82.4 Å². The number of hydrogen-bond acceptors (Lipinski definition) is 1. The Balaban J connectivity index is 2.72. The fraction of sp³-hybridized carbons (Fsp3) is 0.455. The first-order chi connectivity index (χ1) is 6.65. The Morgan fingerprint density at radius 2 is 1.79 bits per heavy atom. The summed E-state index contributed by atoms with van der Waals surface area (Å²) in [5, 5.41) is 9.07. The van der Waals surface area contributed by atoms with Crippen LogP contribution in [-0.4, -0.2) is 11.5 Å². The SMILES string of the molecule is CCCc1ccc(C(O)C(F)F)cc1. The third kappa shape index (κ3) is 2.77. The van der Waals surface area contributed by atoms with Crippen LogP contribution in [0.3, 0.4) is 0 Å². The normalized spacial score (nSPS) is 13.2. The van der Waals surface area contributed by atoms with Crippen molar-refractivity contribution in [3.05, 3.63) is 35.4 Å². The number of aliphatic hydroxyl groups excluding tert-OH is 1. The summed E-state index contributed by atoms with van der Waals surface area (Å²) in [6.07, 6.45) is -2.42. The van der Waals surface area contributed by atoms with Crippen LogP contribution in [-0.2, 0) is 6.42 Å². The van der Waals surface area contributed by atoms with Gasteiger partial charge in [-0.15, -0.1) is 0 Å². The lowest BCUT2D eigenvalue weighted by Crippen LogP contribution is -2.07. The summed E-state index contributed by atoms with van der Waals surface area (Å²) >= 11 is 0. The second-order valence-electron chi connectivity index (χ2n) is 3.27. The number of aliphatic hydroxyl groups is 1. The molecule has 1 aromatic carbocycles. The maximum Gasteiger partial charge on any atom is 0.268 e. The highest BCUT2D eigenvalue weighted by Gasteiger charge is 2.18. The summed E-state index contributed by atoms with van der Waals surface area (Å²) in [5.74, 6) is 0. The fourth-order valence-electron chi connectivity index (χ4n) is 1.32. The molecule has 0 saturated heterocycles. The van der Waals surface area contributed by atoms with Crippen LogP contribution in [0.25, 0.3) is 0 Å². The molecule has 0 aliphatic carbocycles. The van der Waals surface area contributed by atoms with Crippen molar-refractivity contribution in [2.45, 2.75) is 32.3 Å². The van der Waals surface area contributed by atoms with E-state index in [1.807, 2.05) is 0 Å². The second kappa shape index (κ2) is 5.05. The Hall–Kier alpha value is -0.960. The molecule has 1 unspecified atom stereocenters. The van der Waals surface area contributed by atoms with Crippen molar-refractivity contribution >= 4 is 0 Å². The molecule has 3 heteroatoms. The molecule has 78 valence electrons. The first-order valence-electron chi connectivity index (χ1n) is 4.70. The van der Waals surface area contributed by atoms with E-state index in [0.717, 1.165) is 18.4 Å². The summed E-state index contributed by atoms with van der Waals surface area (Å²) in [6, 6.07) is 6.68. The van der Waals surface area contributed by atoms with E-state index >= 15 is 0 Å². The standard InChI is InChI=1S/C11H14F2O/c1-2-3-8-4-6-9(7-5-8)10(14)11(12)13/h4-7,10-11,14H,2-3H2,1H3. The molecule has 0 bridgehead atoms. The minimum absolute atomic E-state index is 0.278. The molecule has 0 aromatic heterocycles. The van der Waals surface area contributed by atoms with Crippen LogP contribution in [0.1, 0.15) is 30.6 Å². The van der Waals surface area contributed by atoms with Crippen molar-refractivity contribution in [1.29, 1.82) is 0 Å². The van der Waals surface area contributed by atoms with Crippen molar-refractivity contribution in [2.24, 2.45) is 0 Å². The lowest BCUT2D eigenvalue weighted by Gasteiger charge is -2.09. The molecule has 14 heavy (non-hydrogen) atoms. The van der Waals surface area contributed by atoms with Crippen molar-refractivity contribution in [1.82, 2.24) is 0 Å². The van der Waals surface area contributed by atoms with E-state index in [1.54, 1.807) is 24.3 Å². The van der Waals surface area contributed by atoms with Gasteiger partial charge in [-0.25, -0.2) is 8.78 Å². The molecule has 0 fully saturated rings. The van der Waals surface area contributed by atoms with Gasteiger partial charge in [-0.3, -0.25) is 0 Å². The molecule has 1 rings (SSSR count). The fourth-order valence-corrected chi connectivity index (χ4v) is 1.32. The Morgan fingerprint density at radius 3 is 2.21 bits per heavy atom. The Morgan fingerprint density at radius 1 is 1.21 bits per heavy atom. The number of benzene rings is 1. The van der Waals surface area contributed by atoms with Gasteiger partial charge in [0.05, 0.1) is 0 Å². The van der Waals surface area contributed by atoms with Crippen molar-refractivity contribution < 1.29 is 13.9 Å². The maximum absolute atomic E-state index is 12.1. The van der Waals surface area contributed by atoms with E-state index in [2.05, 4.69) is 6.92 Å². The van der Waals surface area contributed by atoms with Gasteiger partial charge in [0.25, 0.3) is 6.43 Å². The van der Waals surface area contributed by atoms with Crippen molar-refractivity contribution in [3.8, 4) is 0 Å². The van der Waals surface area contributed by atoms with Crippen LogP contribution in [0.4, 0.5) is 8.78 Å². The van der Waals surface area contributed by atoms with Crippen LogP contribution in [0.5, 0.6) is 0 Å². The molecule has 1 nitrogen and oxygen atoms in total. The zero-order valence-corrected chi connectivity index (χ0v) is 8.08. The monoisotopic (exact) mass is 200 g/mol. The number of halogens is 2. The molecule has 0 amide bonds. The largest absolute Gasteiger partial charge is 0.382 e. The zero-order chi connectivity index (χ0) is 10.6. The summed E-state index contributed by atoms with van der Waals surface area (Å²) in [6.45, 7) is 2.06. The molecule has 0 saturated carbocycles. The zero-order valence-electron chi connectivity index (χ0n) is 8.08. The molecule has 1 aromatic rings. The number of alkyl halides is 2. The molecular formula is C11H14F2O. The first-order valence-corrected chi connectivity index (χ1v) is 4.70. The van der Waals surface area contributed by atoms with Crippen molar-refractivity contribution in [3.63, 3.8) is 0 Å². The minimum atomic E-state index is -2.72. The summed E-state index contributed by atoms with van der Waals surface area (Å²) in [5.41, 5.74) is 1.39. The van der Waals surface area contributed by atoms with E-state index in [-0.39, 0.29) is 5.56 Å². The van der Waals surface area contributed by atoms with Gasteiger partial charge in [-0.05, 0) is 17.5 Å². The topological polar surface area (TPSA) is 20.2 Å². The van der Waals surface area contributed by atoms with Gasteiger partial charge in [0.2, 0.25) is 0 Å². The summed E-state index contributed by atoms with van der Waals surface area (Å²) in [4.78, 5) is 0. The van der Waals surface area contributed by atoms with Gasteiger partial charge >= 0.3 is 0 Å². The van der Waals surface area contributed by atoms with E-state index in [0.29, 0.717) is 0 Å². The predicted octanol–water partition coefficient (Wildman–Crippen LogP) is 2.94. The first kappa shape index (κ1) is 11.1. The Bertz CT molecular complexity index is 269. The van der Waals surface area contributed by atoms with Gasteiger partial charge in [-0.1, -0.05) is 37.6 Å². The van der Waals surface area contributed by atoms with Crippen LogP contribution >= 0.6 is 0 Å². The average Bonchev–Trinajstić information content (AvgIpc) is 2.18. The van der Waals surface area contributed by atoms with Crippen LogP contribution in [0, 0.1) is 0 Å². The van der Waals surface area contributed by atoms with Crippen molar-refractivity contribution in [2.75, 3.05) is 0 Å². The number of aryl methyl sites for hydroxylation is 1. The van der Waals surface area contributed by atoms with E-state index in [1.165, 1.54) is 0 Å². The van der Waals surface area contributed by atoms with E-state index in [9.17, 15) is 8.78 Å². The highest BCUT2D eigenvalue weighted by Crippen LogP contribution is 2.20. The smallest absolute Gasteiger partial charge is 0.268 e. The van der Waals surface area contributed by atoms with E-state index < -0.39 is 12.5 Å². The molecule has 1 atom stereocenters. The number of hydrogen-bond donors (Lipinski definition) is 1. The van der Waals surface area contributed by atoms with Gasteiger partial charge in [-0.2, -0.15) is 0 Å². The maximum atomic E-state index is 12.1. The third-order valence-corrected chi connectivity index (χ3v) is 2.10. The van der Waals surface area contributed by atoms with Crippen LogP contribution in [0.2, 0.25) is 0 Å². The minimum Gasteiger partial charge on any atom is -0.382 e. The summed E-state index contributed by atoms with van der Waals surface area (Å²) in [7, 11) is 0. The predicted molar refractivity (Wildman–Crippen MR) is 51.4 cm³/mol. The van der Waals surface area contributed by atoms with Gasteiger partial charge in [0.15, 0.2) is 0 Å². The lowest BCUT2D eigenvalue weighted by atomic mass is 10.0. The molecule has 0 heterocycles. The molecule has 0 aliphatic rings. The number of rotatable bonds is 4. The van der Waals surface area contributed by atoms with Crippen LogP contribution in [0.15, 0.2) is 24.3 Å². The molecule has 1 N–H and O–H groups in total. The highest BCUT2D eigenvalue weighted by molar-refractivity contribution is 5.24. The quantitative estimate of drug-likeness (QED) is 0.792. The van der Waals surface area contributed by atoms with Crippen LogP contribution < -0.4 is 0 Å². The van der Waals surface area contributed by atoms with Gasteiger partial charge < -0.3 is 5.11 Å². The molecular weight excluding hydrogens is 186 g/mol. The summed E-state index contributed by atoms with van der Waals surface area (Å²) < 4.78 is 24.2. The third-order valence-electron chi connectivity index (χ3n) is 2.10. The van der Waals surface area contributed by atoms with Gasteiger partial charge in [0, 0.05) is 0 Å². The molecule has 0 aliphatic heterocycles. The van der Waals surface area contributed by atoms with Gasteiger partial charge in [0.1, 0.15) is 6.10 Å². The average molecular weight is 200 g/mol. The molecule has 0 spiro atoms. The second-order valence-corrected chi connectivity index (χ2v) is 3.27. The molecule has 0 radical (unpaired) electrons. The lowest BCUT2D eigenvalue weighted by molar-refractivity contribution is -0.00578. The highest BCUT2D eigenvalue weighted by atomic mass is 19.3.